The molecule has 108 valence electrons. The molecule has 2 rings (SSSR count). The number of halogens is 1. The fraction of sp³-hybridized carbons (Fsp3) is 0.467. The van der Waals surface area contributed by atoms with Gasteiger partial charge in [-0.05, 0) is 60.3 Å². The molecule has 1 N–H and O–H groups in total. The summed E-state index contributed by atoms with van der Waals surface area (Å²) in [4.78, 5) is 25.4. The first-order valence-corrected chi connectivity index (χ1v) is 7.42. The van der Waals surface area contributed by atoms with E-state index in [1.54, 1.807) is 11.8 Å². The third-order valence-electron chi connectivity index (χ3n) is 4.03. The molecule has 20 heavy (non-hydrogen) atoms. The second-order valence-electron chi connectivity index (χ2n) is 5.64. The van der Waals surface area contributed by atoms with Crippen molar-refractivity contribution in [3.05, 3.63) is 33.8 Å². The molecule has 0 saturated carbocycles. The Morgan fingerprint density at radius 1 is 1.30 bits per heavy atom. The van der Waals surface area contributed by atoms with Crippen molar-refractivity contribution in [1.29, 1.82) is 0 Å². The van der Waals surface area contributed by atoms with Gasteiger partial charge >= 0.3 is 5.97 Å². The lowest BCUT2D eigenvalue weighted by Crippen LogP contribution is -2.45. The number of nitrogens with zero attached hydrogens (tertiary/aromatic N) is 1. The molecule has 1 fully saturated rings. The van der Waals surface area contributed by atoms with Gasteiger partial charge in [0.25, 0.3) is 5.91 Å². The van der Waals surface area contributed by atoms with Gasteiger partial charge < -0.3 is 10.0 Å². The summed E-state index contributed by atoms with van der Waals surface area (Å²) in [5, 5.41) is 9.20. The van der Waals surface area contributed by atoms with E-state index >= 15 is 0 Å². The number of carboxylic acids is 1. The highest BCUT2D eigenvalue weighted by Gasteiger charge is 2.38. The van der Waals surface area contributed by atoms with Gasteiger partial charge in [0.1, 0.15) is 0 Å². The minimum atomic E-state index is -0.777. The Balaban J connectivity index is 2.11. The SMILES string of the molecule is Cc1ccc(C(=O)N2CCC(C)(C(=O)O)CC2)c(Br)c1. The Hall–Kier alpha value is -1.36. The van der Waals surface area contributed by atoms with Gasteiger partial charge in [0, 0.05) is 17.6 Å². The number of carbonyl (C=O) groups excluding carboxylic acids is 1. The van der Waals surface area contributed by atoms with Crippen LogP contribution in [0.25, 0.3) is 0 Å². The van der Waals surface area contributed by atoms with E-state index < -0.39 is 11.4 Å². The highest BCUT2D eigenvalue weighted by Crippen LogP contribution is 2.32. The quantitative estimate of drug-likeness (QED) is 0.900. The number of hydrogen-bond acceptors (Lipinski definition) is 2. The van der Waals surface area contributed by atoms with Crippen LogP contribution in [0.4, 0.5) is 0 Å². The lowest BCUT2D eigenvalue weighted by atomic mass is 9.80. The van der Waals surface area contributed by atoms with E-state index in [-0.39, 0.29) is 5.91 Å². The standard InChI is InChI=1S/C15H18BrNO3/c1-10-3-4-11(12(16)9-10)13(18)17-7-5-15(2,6-8-17)14(19)20/h3-4,9H,5-8H2,1-2H3,(H,19,20). The van der Waals surface area contributed by atoms with Crippen LogP contribution in [-0.2, 0) is 4.79 Å². The number of likely N-dealkylation sites (tertiary alicyclic amines) is 1. The van der Waals surface area contributed by atoms with Crippen molar-refractivity contribution in [2.45, 2.75) is 26.7 Å². The number of carboxylic acid groups (broad SMARTS) is 1. The van der Waals surface area contributed by atoms with E-state index in [2.05, 4.69) is 15.9 Å². The van der Waals surface area contributed by atoms with E-state index in [0.29, 0.717) is 31.5 Å². The molecule has 1 aliphatic rings. The molecule has 0 unspecified atom stereocenters. The molecule has 0 bridgehead atoms. The van der Waals surface area contributed by atoms with Gasteiger partial charge in [-0.3, -0.25) is 9.59 Å². The second-order valence-corrected chi connectivity index (χ2v) is 6.50. The number of rotatable bonds is 2. The van der Waals surface area contributed by atoms with Crippen LogP contribution < -0.4 is 0 Å². The zero-order valence-electron chi connectivity index (χ0n) is 11.6. The number of aliphatic carboxylic acids is 1. The van der Waals surface area contributed by atoms with E-state index in [0.717, 1.165) is 10.0 Å². The number of benzene rings is 1. The summed E-state index contributed by atoms with van der Waals surface area (Å²) in [6, 6.07) is 5.63. The highest BCUT2D eigenvalue weighted by molar-refractivity contribution is 9.10. The third kappa shape index (κ3) is 2.87. The highest BCUT2D eigenvalue weighted by atomic mass is 79.9. The smallest absolute Gasteiger partial charge is 0.309 e. The summed E-state index contributed by atoms with van der Waals surface area (Å²) >= 11 is 3.42. The number of carbonyl (C=O) groups is 2. The molecule has 0 aliphatic carbocycles. The number of amides is 1. The Labute approximate surface area is 126 Å². The van der Waals surface area contributed by atoms with Crippen molar-refractivity contribution in [2.75, 3.05) is 13.1 Å². The maximum Gasteiger partial charge on any atom is 0.309 e. The zero-order valence-corrected chi connectivity index (χ0v) is 13.2. The van der Waals surface area contributed by atoms with Crippen LogP contribution >= 0.6 is 15.9 Å². The van der Waals surface area contributed by atoms with Gasteiger partial charge in [0.15, 0.2) is 0 Å². The van der Waals surface area contributed by atoms with Crippen molar-refractivity contribution in [2.24, 2.45) is 5.41 Å². The van der Waals surface area contributed by atoms with E-state index in [9.17, 15) is 14.7 Å². The Kier molecular flexibility index (Phi) is 4.18. The fourth-order valence-electron chi connectivity index (χ4n) is 2.38. The molecule has 0 spiro atoms. The van der Waals surface area contributed by atoms with Crippen LogP contribution in [-0.4, -0.2) is 35.0 Å². The monoisotopic (exact) mass is 339 g/mol. The summed E-state index contributed by atoms with van der Waals surface area (Å²) in [6.07, 6.45) is 0.995. The van der Waals surface area contributed by atoms with Crippen LogP contribution in [0, 0.1) is 12.3 Å². The summed E-state index contributed by atoms with van der Waals surface area (Å²) in [5.41, 5.74) is 1.02. The Bertz CT molecular complexity index is 548. The van der Waals surface area contributed by atoms with Crippen molar-refractivity contribution < 1.29 is 14.7 Å². The topological polar surface area (TPSA) is 57.6 Å². The molecule has 0 radical (unpaired) electrons. The van der Waals surface area contributed by atoms with Crippen LogP contribution in [0.5, 0.6) is 0 Å². The maximum absolute atomic E-state index is 12.5. The Morgan fingerprint density at radius 3 is 2.40 bits per heavy atom. The molecule has 1 aliphatic heterocycles. The molecule has 4 nitrogen and oxygen atoms in total. The van der Waals surface area contributed by atoms with Crippen LogP contribution in [0.1, 0.15) is 35.7 Å². The van der Waals surface area contributed by atoms with Gasteiger partial charge in [-0.2, -0.15) is 0 Å². The van der Waals surface area contributed by atoms with Crippen molar-refractivity contribution in [3.8, 4) is 0 Å². The first kappa shape index (κ1) is 15.0. The minimum absolute atomic E-state index is 0.0377. The number of aryl methyl sites for hydroxylation is 1. The van der Waals surface area contributed by atoms with Crippen LogP contribution in [0.2, 0.25) is 0 Å². The largest absolute Gasteiger partial charge is 0.481 e. The van der Waals surface area contributed by atoms with Gasteiger partial charge in [0.05, 0.1) is 11.0 Å². The molecular formula is C15H18BrNO3. The summed E-state index contributed by atoms with van der Waals surface area (Å²) in [6.45, 7) is 4.70. The first-order valence-electron chi connectivity index (χ1n) is 6.62. The summed E-state index contributed by atoms with van der Waals surface area (Å²) in [5.74, 6) is -0.814. The van der Waals surface area contributed by atoms with Gasteiger partial charge in [0.2, 0.25) is 0 Å². The molecule has 5 heteroatoms. The molecule has 1 saturated heterocycles. The van der Waals surface area contributed by atoms with Crippen LogP contribution in [0.15, 0.2) is 22.7 Å². The summed E-state index contributed by atoms with van der Waals surface area (Å²) in [7, 11) is 0. The number of piperidine rings is 1. The molecule has 1 aromatic rings. The van der Waals surface area contributed by atoms with E-state index in [1.807, 2.05) is 25.1 Å². The average Bonchev–Trinajstić information content (AvgIpc) is 2.38. The normalized spacial score (nSPS) is 17.9. The lowest BCUT2D eigenvalue weighted by molar-refractivity contribution is -0.150. The van der Waals surface area contributed by atoms with Crippen molar-refractivity contribution >= 4 is 27.8 Å². The van der Waals surface area contributed by atoms with Crippen molar-refractivity contribution in [1.82, 2.24) is 4.90 Å². The summed E-state index contributed by atoms with van der Waals surface area (Å²) < 4.78 is 0.786. The van der Waals surface area contributed by atoms with Crippen molar-refractivity contribution in [3.63, 3.8) is 0 Å². The fourth-order valence-corrected chi connectivity index (χ4v) is 3.04. The zero-order chi connectivity index (χ0) is 14.9. The molecule has 0 atom stereocenters. The van der Waals surface area contributed by atoms with Gasteiger partial charge in [-0.15, -0.1) is 0 Å². The van der Waals surface area contributed by atoms with Crippen LogP contribution in [0.3, 0.4) is 0 Å². The number of hydrogen-bond donors (Lipinski definition) is 1. The van der Waals surface area contributed by atoms with Gasteiger partial charge in [-0.25, -0.2) is 0 Å². The lowest BCUT2D eigenvalue weighted by Gasteiger charge is -2.36. The maximum atomic E-state index is 12.5. The molecular weight excluding hydrogens is 322 g/mol. The molecule has 1 heterocycles. The molecule has 1 amide bonds. The Morgan fingerprint density at radius 2 is 1.90 bits per heavy atom. The predicted molar refractivity (Wildman–Crippen MR) is 79.8 cm³/mol. The van der Waals surface area contributed by atoms with E-state index in [1.165, 1.54) is 0 Å². The second kappa shape index (κ2) is 5.56. The third-order valence-corrected chi connectivity index (χ3v) is 4.68. The average molecular weight is 340 g/mol. The molecule has 1 aromatic carbocycles. The minimum Gasteiger partial charge on any atom is -0.481 e. The molecule has 0 aromatic heterocycles. The van der Waals surface area contributed by atoms with Gasteiger partial charge in [-0.1, -0.05) is 6.07 Å². The first-order chi connectivity index (χ1) is 9.33. The van der Waals surface area contributed by atoms with E-state index in [4.69, 9.17) is 0 Å². The predicted octanol–water partition coefficient (Wildman–Crippen LogP) is 3.08.